The number of hydrogen-bond acceptors (Lipinski definition) is 0. The Labute approximate surface area is 120 Å². The molecule has 0 saturated carbocycles. The molecule has 0 radical (unpaired) electrons. The minimum atomic E-state index is 0.520. The van der Waals surface area contributed by atoms with Crippen LogP contribution in [0.2, 0.25) is 0 Å². The maximum absolute atomic E-state index is 2.37. The molecule has 0 saturated heterocycles. The van der Waals surface area contributed by atoms with Crippen molar-refractivity contribution in [3.8, 4) is 5.69 Å². The van der Waals surface area contributed by atoms with Gasteiger partial charge in [0.15, 0.2) is 0 Å². The summed E-state index contributed by atoms with van der Waals surface area (Å²) in [6.45, 7) is 6.61. The monoisotopic (exact) mass is 261 g/mol. The van der Waals surface area contributed by atoms with Crippen molar-refractivity contribution in [3.63, 3.8) is 0 Å². The first-order valence-electron chi connectivity index (χ1n) is 7.29. The van der Waals surface area contributed by atoms with E-state index in [1.807, 2.05) is 0 Å². The van der Waals surface area contributed by atoms with Gasteiger partial charge in [0, 0.05) is 29.9 Å². The highest BCUT2D eigenvalue weighted by Crippen LogP contribution is 2.54. The van der Waals surface area contributed by atoms with E-state index in [0.29, 0.717) is 11.8 Å². The molecule has 1 heteroatoms. The number of hydrogen-bond donors (Lipinski definition) is 0. The lowest BCUT2D eigenvalue weighted by Crippen LogP contribution is -1.95. The fourth-order valence-electron chi connectivity index (χ4n) is 3.66. The second-order valence-corrected chi connectivity index (χ2v) is 6.21. The first-order chi connectivity index (χ1) is 9.65. The molecule has 20 heavy (non-hydrogen) atoms. The molecule has 1 nitrogen and oxygen atoms in total. The highest BCUT2D eigenvalue weighted by molar-refractivity contribution is 5.61. The van der Waals surface area contributed by atoms with E-state index in [1.165, 1.54) is 28.0 Å². The van der Waals surface area contributed by atoms with E-state index in [4.69, 9.17) is 0 Å². The fraction of sp³-hybridized carbons (Fsp3) is 0.263. The Bertz CT molecular complexity index is 703. The van der Waals surface area contributed by atoms with Crippen LogP contribution in [0.15, 0.2) is 60.0 Å². The third kappa shape index (κ3) is 1.49. The van der Waals surface area contributed by atoms with Gasteiger partial charge in [0.25, 0.3) is 0 Å². The van der Waals surface area contributed by atoms with Crippen molar-refractivity contribution in [3.05, 3.63) is 76.6 Å². The van der Waals surface area contributed by atoms with Crippen LogP contribution in [0.5, 0.6) is 0 Å². The molecule has 2 aromatic rings. The summed E-state index contributed by atoms with van der Waals surface area (Å²) in [7, 11) is 0. The highest BCUT2D eigenvalue weighted by atomic mass is 15.0. The van der Waals surface area contributed by atoms with Crippen LogP contribution in [0.1, 0.15) is 42.4 Å². The van der Waals surface area contributed by atoms with Crippen LogP contribution in [-0.2, 0) is 0 Å². The SMILES string of the molecule is CC(C)=C1C2C=CC1c1cn(-c3ccc(C)cc3)cc12. The minimum absolute atomic E-state index is 0.520. The highest BCUT2D eigenvalue weighted by Gasteiger charge is 2.39. The Balaban J connectivity index is 1.80. The van der Waals surface area contributed by atoms with E-state index < -0.39 is 0 Å². The number of aryl methyl sites for hydroxylation is 1. The molecule has 1 aromatic heterocycles. The van der Waals surface area contributed by atoms with Gasteiger partial charge in [0.2, 0.25) is 0 Å². The summed E-state index contributed by atoms with van der Waals surface area (Å²) in [4.78, 5) is 0. The van der Waals surface area contributed by atoms with Gasteiger partial charge in [-0.25, -0.2) is 0 Å². The molecule has 2 unspecified atom stereocenters. The van der Waals surface area contributed by atoms with Gasteiger partial charge >= 0.3 is 0 Å². The van der Waals surface area contributed by atoms with Gasteiger partial charge in [0.1, 0.15) is 0 Å². The first kappa shape index (κ1) is 11.8. The molecule has 2 bridgehead atoms. The van der Waals surface area contributed by atoms with Crippen LogP contribution < -0.4 is 0 Å². The second-order valence-electron chi connectivity index (χ2n) is 6.21. The summed E-state index contributed by atoms with van der Waals surface area (Å²) in [6.07, 6.45) is 9.37. The predicted molar refractivity (Wildman–Crippen MR) is 83.5 cm³/mol. The molecule has 2 aliphatic rings. The topological polar surface area (TPSA) is 4.93 Å². The number of fused-ring (bicyclic) bond motifs is 5. The van der Waals surface area contributed by atoms with E-state index in [2.05, 4.69) is 74.1 Å². The Kier molecular flexibility index (Phi) is 2.35. The molecule has 1 heterocycles. The van der Waals surface area contributed by atoms with Crippen molar-refractivity contribution < 1.29 is 0 Å². The van der Waals surface area contributed by atoms with Gasteiger partial charge in [-0.2, -0.15) is 0 Å². The van der Waals surface area contributed by atoms with Gasteiger partial charge in [-0.15, -0.1) is 0 Å². The lowest BCUT2D eigenvalue weighted by atomic mass is 9.97. The van der Waals surface area contributed by atoms with Crippen LogP contribution in [0.4, 0.5) is 0 Å². The van der Waals surface area contributed by atoms with Crippen molar-refractivity contribution in [1.29, 1.82) is 0 Å². The molecule has 0 aliphatic heterocycles. The summed E-state index contributed by atoms with van der Waals surface area (Å²) < 4.78 is 2.28. The fourth-order valence-corrected chi connectivity index (χ4v) is 3.66. The van der Waals surface area contributed by atoms with Crippen molar-refractivity contribution in [2.45, 2.75) is 32.6 Å². The molecular weight excluding hydrogens is 242 g/mol. The normalized spacial score (nSPS) is 22.4. The molecule has 2 aliphatic carbocycles. The van der Waals surface area contributed by atoms with E-state index in [-0.39, 0.29) is 0 Å². The van der Waals surface area contributed by atoms with Crippen LogP contribution in [0.3, 0.4) is 0 Å². The molecule has 0 N–H and O–H groups in total. The molecule has 0 amide bonds. The van der Waals surface area contributed by atoms with Crippen LogP contribution >= 0.6 is 0 Å². The molecule has 2 atom stereocenters. The summed E-state index contributed by atoms with van der Waals surface area (Å²) >= 11 is 0. The van der Waals surface area contributed by atoms with Gasteiger partial charge in [-0.1, -0.05) is 35.4 Å². The van der Waals surface area contributed by atoms with Gasteiger partial charge in [-0.05, 0) is 49.6 Å². The molecule has 100 valence electrons. The maximum atomic E-state index is 2.37. The minimum Gasteiger partial charge on any atom is -0.323 e. The maximum Gasteiger partial charge on any atom is 0.0449 e. The van der Waals surface area contributed by atoms with Gasteiger partial charge < -0.3 is 4.57 Å². The van der Waals surface area contributed by atoms with Crippen LogP contribution in [0.25, 0.3) is 5.69 Å². The van der Waals surface area contributed by atoms with Gasteiger partial charge in [0.05, 0.1) is 0 Å². The number of rotatable bonds is 1. The predicted octanol–water partition coefficient (Wildman–Crippen LogP) is 4.87. The van der Waals surface area contributed by atoms with E-state index in [0.717, 1.165) is 0 Å². The van der Waals surface area contributed by atoms with Crippen LogP contribution in [0, 0.1) is 6.92 Å². The largest absolute Gasteiger partial charge is 0.323 e. The number of allylic oxidation sites excluding steroid dienone is 4. The second kappa shape index (κ2) is 3.99. The molecule has 0 fully saturated rings. The average Bonchev–Trinajstić information content (AvgIpc) is 3.09. The van der Waals surface area contributed by atoms with Crippen molar-refractivity contribution in [1.82, 2.24) is 4.57 Å². The average molecular weight is 261 g/mol. The Hall–Kier alpha value is -2.02. The van der Waals surface area contributed by atoms with E-state index in [9.17, 15) is 0 Å². The quantitative estimate of drug-likeness (QED) is 0.645. The summed E-state index contributed by atoms with van der Waals surface area (Å²) in [5, 5.41) is 0. The number of aromatic nitrogens is 1. The summed E-state index contributed by atoms with van der Waals surface area (Å²) in [5.41, 5.74) is 8.63. The smallest absolute Gasteiger partial charge is 0.0449 e. The zero-order chi connectivity index (χ0) is 13.9. The number of benzene rings is 1. The van der Waals surface area contributed by atoms with Crippen LogP contribution in [-0.4, -0.2) is 4.57 Å². The van der Waals surface area contributed by atoms with Gasteiger partial charge in [-0.3, -0.25) is 0 Å². The Morgan fingerprint density at radius 3 is 1.95 bits per heavy atom. The molecular formula is C19H19N. The molecule has 4 rings (SSSR count). The standard InChI is InChI=1S/C19H19N/c1-12(2)19-15-8-9-16(19)18-11-20(10-17(15)18)14-6-4-13(3)5-7-14/h4-11,15-16H,1-3H3. The van der Waals surface area contributed by atoms with E-state index in [1.54, 1.807) is 5.57 Å². The van der Waals surface area contributed by atoms with Crippen molar-refractivity contribution in [2.24, 2.45) is 0 Å². The van der Waals surface area contributed by atoms with Crippen molar-refractivity contribution in [2.75, 3.05) is 0 Å². The summed E-state index contributed by atoms with van der Waals surface area (Å²) in [6, 6.07) is 8.74. The zero-order valence-electron chi connectivity index (χ0n) is 12.2. The summed E-state index contributed by atoms with van der Waals surface area (Å²) in [5.74, 6) is 1.04. The Morgan fingerprint density at radius 2 is 1.45 bits per heavy atom. The number of nitrogens with zero attached hydrogens (tertiary/aromatic N) is 1. The van der Waals surface area contributed by atoms with E-state index >= 15 is 0 Å². The molecule has 1 aromatic carbocycles. The first-order valence-corrected chi connectivity index (χ1v) is 7.29. The third-order valence-electron chi connectivity index (χ3n) is 4.64. The third-order valence-corrected chi connectivity index (χ3v) is 4.64. The van der Waals surface area contributed by atoms with Crippen molar-refractivity contribution >= 4 is 0 Å². The molecule has 0 spiro atoms. The lowest BCUT2D eigenvalue weighted by molar-refractivity contribution is 0.953. The Morgan fingerprint density at radius 1 is 0.900 bits per heavy atom. The zero-order valence-corrected chi connectivity index (χ0v) is 12.2. The lowest BCUT2D eigenvalue weighted by Gasteiger charge is -2.10.